The number of benzene rings is 1. The molecule has 0 radical (unpaired) electrons. The number of fused-ring (bicyclic) bond motifs is 1. The standard InChI is InChI=1S/C16H20N2O/c1-5-14-6-3-10-18-16(14)15(7-1)19-11-8-13-4-2-9-17-12-13/h1,3,5-7,10,13,17H,2,4,8-9,11-12H2. The molecule has 3 nitrogen and oxygen atoms in total. The average molecular weight is 256 g/mol. The molecular weight excluding hydrogens is 236 g/mol. The van der Waals surface area contributed by atoms with Crippen molar-refractivity contribution in [3.8, 4) is 5.75 Å². The predicted octanol–water partition coefficient (Wildman–Crippen LogP) is 3.00. The molecule has 0 amide bonds. The van der Waals surface area contributed by atoms with Crippen molar-refractivity contribution in [2.75, 3.05) is 19.7 Å². The fraction of sp³-hybridized carbons (Fsp3) is 0.438. The number of ether oxygens (including phenoxy) is 1. The molecule has 3 rings (SSSR count). The van der Waals surface area contributed by atoms with Crippen LogP contribution in [0, 0.1) is 5.92 Å². The molecule has 0 saturated carbocycles. The van der Waals surface area contributed by atoms with E-state index in [-0.39, 0.29) is 0 Å². The van der Waals surface area contributed by atoms with Crippen molar-refractivity contribution in [2.24, 2.45) is 5.92 Å². The summed E-state index contributed by atoms with van der Waals surface area (Å²) in [6.45, 7) is 3.09. The number of piperidine rings is 1. The summed E-state index contributed by atoms with van der Waals surface area (Å²) in [5, 5.41) is 4.58. The maximum absolute atomic E-state index is 5.93. The fourth-order valence-corrected chi connectivity index (χ4v) is 2.70. The lowest BCUT2D eigenvalue weighted by Crippen LogP contribution is -2.30. The van der Waals surface area contributed by atoms with Crippen LogP contribution in [0.4, 0.5) is 0 Å². The number of aromatic nitrogens is 1. The summed E-state index contributed by atoms with van der Waals surface area (Å²) in [6, 6.07) is 10.1. The third kappa shape index (κ3) is 3.04. The highest BCUT2D eigenvalue weighted by Crippen LogP contribution is 2.23. The Morgan fingerprint density at radius 1 is 1.26 bits per heavy atom. The molecule has 0 aliphatic carbocycles. The molecule has 1 aromatic carbocycles. The zero-order valence-corrected chi connectivity index (χ0v) is 11.1. The minimum atomic E-state index is 0.761. The molecule has 3 heteroatoms. The fourth-order valence-electron chi connectivity index (χ4n) is 2.70. The van der Waals surface area contributed by atoms with E-state index in [1.165, 1.54) is 19.4 Å². The van der Waals surface area contributed by atoms with Gasteiger partial charge in [0.1, 0.15) is 11.3 Å². The molecule has 1 atom stereocenters. The monoisotopic (exact) mass is 256 g/mol. The molecule has 2 heterocycles. The van der Waals surface area contributed by atoms with Crippen LogP contribution in [0.1, 0.15) is 19.3 Å². The second-order valence-corrected chi connectivity index (χ2v) is 5.18. The Bertz CT molecular complexity index is 530. The first-order valence-corrected chi connectivity index (χ1v) is 7.11. The van der Waals surface area contributed by atoms with Crippen molar-refractivity contribution in [1.29, 1.82) is 0 Å². The van der Waals surface area contributed by atoms with Crippen molar-refractivity contribution < 1.29 is 4.74 Å². The molecule has 0 spiro atoms. The van der Waals surface area contributed by atoms with Crippen LogP contribution >= 0.6 is 0 Å². The Morgan fingerprint density at radius 2 is 2.21 bits per heavy atom. The maximum atomic E-state index is 5.93. The zero-order valence-electron chi connectivity index (χ0n) is 11.1. The molecule has 1 aromatic heterocycles. The Hall–Kier alpha value is -1.61. The lowest BCUT2D eigenvalue weighted by Gasteiger charge is -2.22. The van der Waals surface area contributed by atoms with Crippen LogP contribution in [0.2, 0.25) is 0 Å². The summed E-state index contributed by atoms with van der Waals surface area (Å²) < 4.78 is 5.93. The number of pyridine rings is 1. The highest BCUT2D eigenvalue weighted by atomic mass is 16.5. The van der Waals surface area contributed by atoms with E-state index >= 15 is 0 Å². The van der Waals surface area contributed by atoms with Gasteiger partial charge in [-0.25, -0.2) is 0 Å². The number of para-hydroxylation sites is 1. The van der Waals surface area contributed by atoms with Gasteiger partial charge in [-0.2, -0.15) is 0 Å². The molecule has 2 aromatic rings. The minimum Gasteiger partial charge on any atom is -0.491 e. The number of rotatable bonds is 4. The number of nitrogens with one attached hydrogen (secondary N) is 1. The number of hydrogen-bond donors (Lipinski definition) is 1. The molecule has 1 saturated heterocycles. The van der Waals surface area contributed by atoms with Crippen molar-refractivity contribution in [2.45, 2.75) is 19.3 Å². The third-order valence-corrected chi connectivity index (χ3v) is 3.78. The van der Waals surface area contributed by atoms with Gasteiger partial charge in [-0.15, -0.1) is 0 Å². The summed E-state index contributed by atoms with van der Waals surface area (Å²) in [4.78, 5) is 4.41. The summed E-state index contributed by atoms with van der Waals surface area (Å²) in [7, 11) is 0. The molecule has 100 valence electrons. The minimum absolute atomic E-state index is 0.761. The van der Waals surface area contributed by atoms with Gasteiger partial charge in [0.15, 0.2) is 0 Å². The van der Waals surface area contributed by atoms with E-state index in [1.807, 2.05) is 24.4 Å². The zero-order chi connectivity index (χ0) is 12.9. The molecular formula is C16H20N2O. The largest absolute Gasteiger partial charge is 0.491 e. The predicted molar refractivity (Wildman–Crippen MR) is 77.4 cm³/mol. The van der Waals surface area contributed by atoms with Gasteiger partial charge in [0.25, 0.3) is 0 Å². The third-order valence-electron chi connectivity index (χ3n) is 3.78. The van der Waals surface area contributed by atoms with Gasteiger partial charge in [-0.05, 0) is 50.4 Å². The van der Waals surface area contributed by atoms with Crippen LogP contribution in [0.3, 0.4) is 0 Å². The van der Waals surface area contributed by atoms with Crippen LogP contribution in [-0.2, 0) is 0 Å². The summed E-state index contributed by atoms with van der Waals surface area (Å²) in [5.74, 6) is 1.67. The highest BCUT2D eigenvalue weighted by Gasteiger charge is 2.13. The molecule has 1 aliphatic rings. The lowest BCUT2D eigenvalue weighted by molar-refractivity contribution is 0.256. The molecule has 19 heavy (non-hydrogen) atoms. The Morgan fingerprint density at radius 3 is 3.11 bits per heavy atom. The van der Waals surface area contributed by atoms with E-state index in [4.69, 9.17) is 4.74 Å². The van der Waals surface area contributed by atoms with Gasteiger partial charge in [-0.3, -0.25) is 4.98 Å². The quantitative estimate of drug-likeness (QED) is 0.913. The van der Waals surface area contributed by atoms with E-state index in [2.05, 4.69) is 22.4 Å². The summed E-state index contributed by atoms with van der Waals surface area (Å²) >= 11 is 0. The molecule has 1 fully saturated rings. The molecule has 1 N–H and O–H groups in total. The first-order valence-electron chi connectivity index (χ1n) is 7.11. The maximum Gasteiger partial charge on any atom is 0.145 e. The first kappa shape index (κ1) is 12.4. The topological polar surface area (TPSA) is 34.1 Å². The van der Waals surface area contributed by atoms with Crippen LogP contribution in [0.5, 0.6) is 5.75 Å². The second-order valence-electron chi connectivity index (χ2n) is 5.18. The van der Waals surface area contributed by atoms with E-state index < -0.39 is 0 Å². The smallest absolute Gasteiger partial charge is 0.145 e. The average Bonchev–Trinajstić information content (AvgIpc) is 2.49. The molecule has 1 unspecified atom stereocenters. The van der Waals surface area contributed by atoms with Crippen LogP contribution in [-0.4, -0.2) is 24.7 Å². The lowest BCUT2D eigenvalue weighted by atomic mass is 9.97. The number of hydrogen-bond acceptors (Lipinski definition) is 3. The van der Waals surface area contributed by atoms with Gasteiger partial charge in [-0.1, -0.05) is 18.2 Å². The van der Waals surface area contributed by atoms with Gasteiger partial charge in [0.05, 0.1) is 6.61 Å². The van der Waals surface area contributed by atoms with Crippen molar-refractivity contribution in [1.82, 2.24) is 10.3 Å². The van der Waals surface area contributed by atoms with Gasteiger partial charge in [0.2, 0.25) is 0 Å². The van der Waals surface area contributed by atoms with Crippen LogP contribution in [0.15, 0.2) is 36.5 Å². The van der Waals surface area contributed by atoms with Crippen molar-refractivity contribution in [3.05, 3.63) is 36.5 Å². The van der Waals surface area contributed by atoms with Gasteiger partial charge in [0, 0.05) is 11.6 Å². The normalized spacial score (nSPS) is 19.5. The van der Waals surface area contributed by atoms with Gasteiger partial charge < -0.3 is 10.1 Å². The second kappa shape index (κ2) is 6.02. The Labute approximate surface area is 114 Å². The summed E-state index contributed by atoms with van der Waals surface area (Å²) in [5.41, 5.74) is 0.965. The van der Waals surface area contributed by atoms with Crippen molar-refractivity contribution >= 4 is 10.9 Å². The molecule has 0 bridgehead atoms. The highest BCUT2D eigenvalue weighted by molar-refractivity contribution is 5.84. The van der Waals surface area contributed by atoms with Crippen molar-refractivity contribution in [3.63, 3.8) is 0 Å². The SMILES string of the molecule is c1cnc2c(OCCC3CCCNC3)cccc2c1. The van der Waals surface area contributed by atoms with E-state index in [0.717, 1.165) is 42.1 Å². The van der Waals surface area contributed by atoms with Crippen LogP contribution in [0.25, 0.3) is 10.9 Å². The van der Waals surface area contributed by atoms with E-state index in [0.29, 0.717) is 0 Å². The Balaban J connectivity index is 1.62. The summed E-state index contributed by atoms with van der Waals surface area (Å²) in [6.07, 6.45) is 5.56. The van der Waals surface area contributed by atoms with Gasteiger partial charge >= 0.3 is 0 Å². The molecule has 1 aliphatic heterocycles. The van der Waals surface area contributed by atoms with E-state index in [9.17, 15) is 0 Å². The first-order chi connectivity index (χ1) is 9.43. The van der Waals surface area contributed by atoms with Crippen LogP contribution < -0.4 is 10.1 Å². The Kier molecular flexibility index (Phi) is 3.94. The van der Waals surface area contributed by atoms with E-state index in [1.54, 1.807) is 0 Å². The number of nitrogens with zero attached hydrogens (tertiary/aromatic N) is 1.